The first kappa shape index (κ1) is 19.7. The molecule has 0 aliphatic carbocycles. The second-order valence-electron chi connectivity index (χ2n) is 7.04. The van der Waals surface area contributed by atoms with Crippen LogP contribution in [0, 0.1) is 0 Å². The number of tetrazole rings is 1. The number of rotatable bonds is 7. The number of para-hydroxylation sites is 1. The number of carbonyl (C=O) groups is 2. The number of aromatic nitrogens is 4. The highest BCUT2D eigenvalue weighted by Gasteiger charge is 2.18. The molecule has 1 aromatic heterocycles. The summed E-state index contributed by atoms with van der Waals surface area (Å²) in [7, 11) is 0. The molecule has 30 heavy (non-hydrogen) atoms. The summed E-state index contributed by atoms with van der Waals surface area (Å²) in [4.78, 5) is 25.1. The molecule has 1 unspecified atom stereocenters. The molecule has 0 spiro atoms. The molecule has 2 N–H and O–H groups in total. The minimum Gasteiger partial charge on any atom is -0.376 e. The van der Waals surface area contributed by atoms with Crippen molar-refractivity contribution in [3.8, 4) is 5.69 Å². The van der Waals surface area contributed by atoms with Gasteiger partial charge in [-0.1, -0.05) is 24.3 Å². The Hall–Kier alpha value is -3.59. The molecule has 0 saturated carbocycles. The van der Waals surface area contributed by atoms with Crippen LogP contribution in [0.5, 0.6) is 0 Å². The maximum atomic E-state index is 12.6. The van der Waals surface area contributed by atoms with Gasteiger partial charge in [-0.25, -0.2) is 4.68 Å². The number of hydrogen-bond acceptors (Lipinski definition) is 6. The van der Waals surface area contributed by atoms with E-state index in [4.69, 9.17) is 4.74 Å². The number of ether oxygens (including phenoxy) is 1. The van der Waals surface area contributed by atoms with Crippen molar-refractivity contribution in [3.63, 3.8) is 0 Å². The Kier molecular flexibility index (Phi) is 6.09. The van der Waals surface area contributed by atoms with E-state index in [1.807, 2.05) is 24.3 Å². The summed E-state index contributed by atoms with van der Waals surface area (Å²) < 4.78 is 7.07. The van der Waals surface area contributed by atoms with Crippen LogP contribution in [0.25, 0.3) is 5.69 Å². The van der Waals surface area contributed by atoms with E-state index in [-0.39, 0.29) is 24.3 Å². The van der Waals surface area contributed by atoms with Gasteiger partial charge in [-0.05, 0) is 53.1 Å². The molecule has 9 heteroatoms. The van der Waals surface area contributed by atoms with E-state index >= 15 is 0 Å². The molecule has 1 aliphatic heterocycles. The first-order chi connectivity index (χ1) is 14.7. The van der Waals surface area contributed by atoms with Gasteiger partial charge in [0.25, 0.3) is 5.91 Å². The Balaban J connectivity index is 1.36. The average molecular weight is 406 g/mol. The van der Waals surface area contributed by atoms with E-state index in [0.717, 1.165) is 30.7 Å². The molecule has 1 saturated heterocycles. The summed E-state index contributed by atoms with van der Waals surface area (Å²) in [6, 6.07) is 14.3. The van der Waals surface area contributed by atoms with Crippen LogP contribution >= 0.6 is 0 Å². The molecule has 1 atom stereocenters. The Morgan fingerprint density at radius 1 is 1.13 bits per heavy atom. The summed E-state index contributed by atoms with van der Waals surface area (Å²) in [6.45, 7) is 1.21. The van der Waals surface area contributed by atoms with Crippen LogP contribution in [-0.4, -0.2) is 51.3 Å². The second-order valence-corrected chi connectivity index (χ2v) is 7.04. The van der Waals surface area contributed by atoms with Crippen molar-refractivity contribution in [2.24, 2.45) is 0 Å². The Morgan fingerprint density at radius 3 is 2.70 bits per heavy atom. The van der Waals surface area contributed by atoms with E-state index in [1.165, 1.54) is 11.0 Å². The summed E-state index contributed by atoms with van der Waals surface area (Å²) in [5.41, 5.74) is 2.55. The van der Waals surface area contributed by atoms with Crippen LogP contribution in [0.2, 0.25) is 0 Å². The Bertz CT molecular complexity index is 998. The van der Waals surface area contributed by atoms with Gasteiger partial charge < -0.3 is 15.4 Å². The van der Waals surface area contributed by atoms with Crippen LogP contribution < -0.4 is 10.6 Å². The van der Waals surface area contributed by atoms with Crippen molar-refractivity contribution < 1.29 is 14.3 Å². The van der Waals surface area contributed by atoms with Gasteiger partial charge in [-0.3, -0.25) is 9.59 Å². The molecule has 2 aromatic carbocycles. The summed E-state index contributed by atoms with van der Waals surface area (Å²) in [5.74, 6) is -0.434. The van der Waals surface area contributed by atoms with Gasteiger partial charge in [-0.2, -0.15) is 0 Å². The molecule has 9 nitrogen and oxygen atoms in total. The van der Waals surface area contributed by atoms with Crippen molar-refractivity contribution in [1.29, 1.82) is 0 Å². The third-order valence-electron chi connectivity index (χ3n) is 4.87. The fourth-order valence-corrected chi connectivity index (χ4v) is 3.32. The summed E-state index contributed by atoms with van der Waals surface area (Å²) in [5, 5.41) is 16.8. The molecule has 4 rings (SSSR count). The fraction of sp³-hybridized carbons (Fsp3) is 0.286. The second kappa shape index (κ2) is 9.27. The van der Waals surface area contributed by atoms with Crippen molar-refractivity contribution in [1.82, 2.24) is 25.5 Å². The van der Waals surface area contributed by atoms with Crippen molar-refractivity contribution >= 4 is 17.5 Å². The number of anilines is 1. The first-order valence-electron chi connectivity index (χ1n) is 9.80. The zero-order valence-electron chi connectivity index (χ0n) is 16.3. The lowest BCUT2D eigenvalue weighted by Crippen LogP contribution is -2.32. The highest BCUT2D eigenvalue weighted by molar-refractivity contribution is 6.04. The number of carbonyl (C=O) groups excluding carboxylic acids is 2. The van der Waals surface area contributed by atoms with Gasteiger partial charge in [0.2, 0.25) is 5.91 Å². The van der Waals surface area contributed by atoms with Gasteiger partial charge in [0.15, 0.2) is 0 Å². The summed E-state index contributed by atoms with van der Waals surface area (Å²) >= 11 is 0. The molecule has 1 fully saturated rings. The number of amides is 2. The predicted octanol–water partition coefficient (Wildman–Crippen LogP) is 1.75. The number of nitrogens with zero attached hydrogens (tertiary/aromatic N) is 4. The van der Waals surface area contributed by atoms with Crippen molar-refractivity contribution in [3.05, 3.63) is 66.0 Å². The topological polar surface area (TPSA) is 111 Å². The van der Waals surface area contributed by atoms with Gasteiger partial charge in [0.05, 0.1) is 29.5 Å². The lowest BCUT2D eigenvalue weighted by atomic mass is 10.1. The minimum absolute atomic E-state index is 0.0620. The third-order valence-corrected chi connectivity index (χ3v) is 4.87. The first-order valence-corrected chi connectivity index (χ1v) is 9.80. The fourth-order valence-electron chi connectivity index (χ4n) is 3.32. The van der Waals surface area contributed by atoms with Crippen LogP contribution in [0.1, 0.15) is 28.8 Å². The standard InChI is InChI=1S/C21H22N6O3/c28-20(12-15-7-9-16(10-8-15)27-14-23-25-26-27)24-19-6-2-1-5-18(19)21(29)22-13-17-4-3-11-30-17/h1-2,5-10,14,17H,3-4,11-13H2,(H,22,29)(H,24,28). The van der Waals surface area contributed by atoms with Gasteiger partial charge >= 0.3 is 0 Å². The monoisotopic (exact) mass is 406 g/mol. The smallest absolute Gasteiger partial charge is 0.253 e. The average Bonchev–Trinajstić information content (AvgIpc) is 3.47. The molecule has 154 valence electrons. The van der Waals surface area contributed by atoms with Crippen LogP contribution in [-0.2, 0) is 16.0 Å². The lowest BCUT2D eigenvalue weighted by Gasteiger charge is -2.14. The molecule has 2 amide bonds. The predicted molar refractivity (Wildman–Crippen MR) is 109 cm³/mol. The number of hydrogen-bond donors (Lipinski definition) is 2. The molecule has 3 aromatic rings. The molecule has 0 radical (unpaired) electrons. The van der Waals surface area contributed by atoms with Crippen molar-refractivity contribution in [2.45, 2.75) is 25.4 Å². The normalized spacial score (nSPS) is 15.7. The zero-order valence-corrected chi connectivity index (χ0v) is 16.3. The maximum Gasteiger partial charge on any atom is 0.253 e. The van der Waals surface area contributed by atoms with Gasteiger partial charge in [0.1, 0.15) is 6.33 Å². The van der Waals surface area contributed by atoms with E-state index in [1.54, 1.807) is 24.3 Å². The third kappa shape index (κ3) is 4.87. The molecule has 1 aliphatic rings. The van der Waals surface area contributed by atoms with E-state index in [2.05, 4.69) is 26.2 Å². The van der Waals surface area contributed by atoms with E-state index in [0.29, 0.717) is 17.8 Å². The van der Waals surface area contributed by atoms with Crippen molar-refractivity contribution in [2.75, 3.05) is 18.5 Å². The van der Waals surface area contributed by atoms with E-state index < -0.39 is 0 Å². The van der Waals surface area contributed by atoms with Gasteiger partial charge in [0, 0.05) is 13.2 Å². The van der Waals surface area contributed by atoms with Crippen LogP contribution in [0.3, 0.4) is 0 Å². The maximum absolute atomic E-state index is 12.6. The number of benzene rings is 2. The zero-order chi connectivity index (χ0) is 20.8. The van der Waals surface area contributed by atoms with E-state index in [9.17, 15) is 9.59 Å². The number of nitrogens with one attached hydrogen (secondary N) is 2. The largest absolute Gasteiger partial charge is 0.376 e. The molecule has 0 bridgehead atoms. The van der Waals surface area contributed by atoms with Crippen LogP contribution in [0.15, 0.2) is 54.9 Å². The SMILES string of the molecule is O=C(Cc1ccc(-n2cnnn2)cc1)Nc1ccccc1C(=O)NCC1CCCO1. The Morgan fingerprint density at radius 2 is 1.97 bits per heavy atom. The molecule has 2 heterocycles. The van der Waals surface area contributed by atoms with Gasteiger partial charge in [-0.15, -0.1) is 5.10 Å². The minimum atomic E-state index is -0.229. The summed E-state index contributed by atoms with van der Waals surface area (Å²) in [6.07, 6.45) is 3.71. The lowest BCUT2D eigenvalue weighted by molar-refractivity contribution is -0.115. The highest BCUT2D eigenvalue weighted by Crippen LogP contribution is 2.17. The van der Waals surface area contributed by atoms with Crippen LogP contribution in [0.4, 0.5) is 5.69 Å². The quantitative estimate of drug-likeness (QED) is 0.618. The highest BCUT2D eigenvalue weighted by atomic mass is 16.5. The molecular formula is C21H22N6O3. The molecular weight excluding hydrogens is 384 g/mol. The Labute approximate surface area is 173 Å².